The number of halogens is 1. The number of ketones is 1. The molecule has 2 aromatic carbocycles. The molecule has 0 unspecified atom stereocenters. The van der Waals surface area contributed by atoms with Crippen LogP contribution in [0.15, 0.2) is 48.5 Å². The van der Waals surface area contributed by atoms with Crippen molar-refractivity contribution in [2.24, 2.45) is 0 Å². The Morgan fingerprint density at radius 3 is 2.36 bits per heavy atom. The molecule has 0 radical (unpaired) electrons. The van der Waals surface area contributed by atoms with Crippen LogP contribution >= 0.6 is 11.6 Å². The second kappa shape index (κ2) is 9.32. The van der Waals surface area contributed by atoms with Crippen LogP contribution in [0.3, 0.4) is 0 Å². The van der Waals surface area contributed by atoms with Crippen molar-refractivity contribution in [2.45, 2.75) is 26.4 Å². The van der Waals surface area contributed by atoms with Crippen molar-refractivity contribution in [1.82, 2.24) is 9.80 Å². The maximum atomic E-state index is 12.6. The van der Waals surface area contributed by atoms with Crippen molar-refractivity contribution in [2.75, 3.05) is 31.5 Å². The molecule has 0 bridgehead atoms. The van der Waals surface area contributed by atoms with Gasteiger partial charge in [0.1, 0.15) is 0 Å². The van der Waals surface area contributed by atoms with Crippen molar-refractivity contribution in [3.8, 4) is 0 Å². The molecule has 1 aliphatic rings. The third-order valence-electron chi connectivity index (χ3n) is 5.19. The SMILES string of the molecule is CC(=O)c1ccc(NC(=O)[C@@H](C)N2CCN(Cc3cccc(Cl)c3)CC2)cc1. The minimum atomic E-state index is -0.208. The van der Waals surface area contributed by atoms with Crippen LogP contribution < -0.4 is 5.32 Å². The smallest absolute Gasteiger partial charge is 0.241 e. The molecule has 6 heteroatoms. The van der Waals surface area contributed by atoms with Gasteiger partial charge in [0.25, 0.3) is 0 Å². The van der Waals surface area contributed by atoms with E-state index in [0.29, 0.717) is 11.3 Å². The van der Waals surface area contributed by atoms with Gasteiger partial charge < -0.3 is 5.32 Å². The molecule has 0 aromatic heterocycles. The molecule has 3 rings (SSSR count). The maximum Gasteiger partial charge on any atom is 0.241 e. The summed E-state index contributed by atoms with van der Waals surface area (Å²) < 4.78 is 0. The van der Waals surface area contributed by atoms with Gasteiger partial charge in [0.05, 0.1) is 6.04 Å². The highest BCUT2D eigenvalue weighted by Crippen LogP contribution is 2.16. The zero-order chi connectivity index (χ0) is 20.1. The van der Waals surface area contributed by atoms with E-state index in [0.717, 1.165) is 37.7 Å². The zero-order valence-electron chi connectivity index (χ0n) is 16.3. The fourth-order valence-corrected chi connectivity index (χ4v) is 3.62. The van der Waals surface area contributed by atoms with Crippen LogP contribution in [-0.4, -0.2) is 53.7 Å². The average Bonchev–Trinajstić information content (AvgIpc) is 2.68. The molecular formula is C22H26ClN3O2. The summed E-state index contributed by atoms with van der Waals surface area (Å²) in [7, 11) is 0. The van der Waals surface area contributed by atoms with E-state index in [1.165, 1.54) is 12.5 Å². The second-order valence-corrected chi connectivity index (χ2v) is 7.68. The Kier molecular flexibility index (Phi) is 6.83. The molecule has 1 N–H and O–H groups in total. The summed E-state index contributed by atoms with van der Waals surface area (Å²) in [6.45, 7) is 7.86. The number of piperazine rings is 1. The lowest BCUT2D eigenvalue weighted by atomic mass is 10.1. The largest absolute Gasteiger partial charge is 0.325 e. The number of hydrogen-bond acceptors (Lipinski definition) is 4. The van der Waals surface area contributed by atoms with Gasteiger partial charge in [-0.05, 0) is 55.8 Å². The Bertz CT molecular complexity index is 830. The van der Waals surface area contributed by atoms with Gasteiger partial charge in [0, 0.05) is 49.0 Å². The van der Waals surface area contributed by atoms with Gasteiger partial charge >= 0.3 is 0 Å². The molecular weight excluding hydrogens is 374 g/mol. The summed E-state index contributed by atoms with van der Waals surface area (Å²) in [4.78, 5) is 28.5. The first-order valence-electron chi connectivity index (χ1n) is 9.55. The lowest BCUT2D eigenvalue weighted by molar-refractivity contribution is -0.121. The van der Waals surface area contributed by atoms with Gasteiger partial charge in [-0.2, -0.15) is 0 Å². The van der Waals surface area contributed by atoms with Crippen molar-refractivity contribution in [1.29, 1.82) is 0 Å². The van der Waals surface area contributed by atoms with Crippen molar-refractivity contribution in [3.05, 3.63) is 64.7 Å². The van der Waals surface area contributed by atoms with Crippen LogP contribution in [-0.2, 0) is 11.3 Å². The molecule has 148 valence electrons. The maximum absolute atomic E-state index is 12.6. The molecule has 28 heavy (non-hydrogen) atoms. The third kappa shape index (κ3) is 5.41. The molecule has 1 fully saturated rings. The van der Waals surface area contributed by atoms with Crippen molar-refractivity contribution >= 4 is 29.0 Å². The molecule has 1 atom stereocenters. The van der Waals surface area contributed by atoms with Crippen LogP contribution in [0.25, 0.3) is 0 Å². The van der Waals surface area contributed by atoms with Crippen molar-refractivity contribution in [3.63, 3.8) is 0 Å². The van der Waals surface area contributed by atoms with Gasteiger partial charge in [0.15, 0.2) is 5.78 Å². The zero-order valence-corrected chi connectivity index (χ0v) is 17.1. The topological polar surface area (TPSA) is 52.7 Å². The first-order chi connectivity index (χ1) is 13.4. The van der Waals surface area contributed by atoms with Crippen LogP contribution in [0.4, 0.5) is 5.69 Å². The highest BCUT2D eigenvalue weighted by molar-refractivity contribution is 6.30. The standard InChI is InChI=1S/C22H26ClN3O2/c1-16(22(28)24-21-8-6-19(7-9-21)17(2)27)26-12-10-25(11-13-26)15-18-4-3-5-20(23)14-18/h3-9,14,16H,10-13,15H2,1-2H3,(H,24,28)/t16-/m1/s1. The van der Waals surface area contributed by atoms with E-state index in [-0.39, 0.29) is 17.7 Å². The molecule has 2 aromatic rings. The summed E-state index contributed by atoms with van der Waals surface area (Å²) in [6.07, 6.45) is 0. The summed E-state index contributed by atoms with van der Waals surface area (Å²) in [5, 5.41) is 3.70. The van der Waals surface area contributed by atoms with E-state index in [2.05, 4.69) is 21.2 Å². The van der Waals surface area contributed by atoms with E-state index in [9.17, 15) is 9.59 Å². The summed E-state index contributed by atoms with van der Waals surface area (Å²) in [5.41, 5.74) is 2.56. The lowest BCUT2D eigenvalue weighted by Crippen LogP contribution is -2.52. The predicted molar refractivity (Wildman–Crippen MR) is 113 cm³/mol. The minimum Gasteiger partial charge on any atom is -0.325 e. The Morgan fingerprint density at radius 1 is 1.07 bits per heavy atom. The number of carbonyl (C=O) groups excluding carboxylic acids is 2. The first-order valence-corrected chi connectivity index (χ1v) is 9.93. The highest BCUT2D eigenvalue weighted by Gasteiger charge is 2.25. The Morgan fingerprint density at radius 2 is 1.75 bits per heavy atom. The average molecular weight is 400 g/mol. The highest BCUT2D eigenvalue weighted by atomic mass is 35.5. The number of nitrogens with one attached hydrogen (secondary N) is 1. The fourth-order valence-electron chi connectivity index (χ4n) is 3.40. The predicted octanol–water partition coefficient (Wildman–Crippen LogP) is 3.69. The van der Waals surface area contributed by atoms with Crippen LogP contribution in [0, 0.1) is 0 Å². The van der Waals surface area contributed by atoms with E-state index >= 15 is 0 Å². The van der Waals surface area contributed by atoms with Crippen LogP contribution in [0.1, 0.15) is 29.8 Å². The van der Waals surface area contributed by atoms with Crippen LogP contribution in [0.2, 0.25) is 5.02 Å². The Hall–Kier alpha value is -2.21. The first kappa shape index (κ1) is 20.5. The molecule has 0 spiro atoms. The molecule has 1 saturated heterocycles. The number of anilines is 1. The minimum absolute atomic E-state index is 0.0156. The third-order valence-corrected chi connectivity index (χ3v) is 5.42. The normalized spacial score (nSPS) is 16.5. The summed E-state index contributed by atoms with van der Waals surface area (Å²) in [5.74, 6) is -0.0132. The second-order valence-electron chi connectivity index (χ2n) is 7.24. The summed E-state index contributed by atoms with van der Waals surface area (Å²) >= 11 is 6.06. The number of rotatable bonds is 6. The van der Waals surface area contributed by atoms with E-state index < -0.39 is 0 Å². The van der Waals surface area contributed by atoms with Gasteiger partial charge in [0.2, 0.25) is 5.91 Å². The number of carbonyl (C=O) groups is 2. The lowest BCUT2D eigenvalue weighted by Gasteiger charge is -2.37. The number of hydrogen-bond donors (Lipinski definition) is 1. The molecule has 1 heterocycles. The fraction of sp³-hybridized carbons (Fsp3) is 0.364. The molecule has 5 nitrogen and oxygen atoms in total. The molecule has 0 aliphatic carbocycles. The van der Waals surface area contributed by atoms with Gasteiger partial charge in [-0.1, -0.05) is 23.7 Å². The van der Waals surface area contributed by atoms with Crippen molar-refractivity contribution < 1.29 is 9.59 Å². The van der Waals surface area contributed by atoms with Gasteiger partial charge in [-0.25, -0.2) is 0 Å². The van der Waals surface area contributed by atoms with E-state index in [1.807, 2.05) is 25.1 Å². The monoisotopic (exact) mass is 399 g/mol. The Balaban J connectivity index is 1.49. The quantitative estimate of drug-likeness (QED) is 0.753. The van der Waals surface area contributed by atoms with E-state index in [1.54, 1.807) is 24.3 Å². The van der Waals surface area contributed by atoms with Gasteiger partial charge in [-0.3, -0.25) is 19.4 Å². The molecule has 0 saturated carbocycles. The Labute approximate surface area is 171 Å². The number of amides is 1. The summed E-state index contributed by atoms with van der Waals surface area (Å²) in [6, 6.07) is 14.7. The van der Waals surface area contributed by atoms with E-state index in [4.69, 9.17) is 11.6 Å². The molecule has 1 aliphatic heterocycles. The number of benzene rings is 2. The number of nitrogens with zero attached hydrogens (tertiary/aromatic N) is 2. The van der Waals surface area contributed by atoms with Crippen LogP contribution in [0.5, 0.6) is 0 Å². The number of Topliss-reactive ketones (excluding diaryl/α,β-unsaturated/α-hetero) is 1. The molecule has 1 amide bonds. The van der Waals surface area contributed by atoms with Gasteiger partial charge in [-0.15, -0.1) is 0 Å².